The molecule has 1 N–H and O–H groups in total. The average molecular weight is 327 g/mol. The number of aryl methyl sites for hydroxylation is 1. The first-order valence-corrected chi connectivity index (χ1v) is 7.43. The monoisotopic (exact) mass is 327 g/mol. The Morgan fingerprint density at radius 2 is 1.58 bits per heavy atom. The molecule has 0 atom stereocenters. The van der Waals surface area contributed by atoms with Crippen LogP contribution in [-0.2, 0) is 0 Å². The maximum Gasteiger partial charge on any atom is 0.187 e. The van der Waals surface area contributed by atoms with Crippen molar-refractivity contribution in [2.45, 2.75) is 6.92 Å². The molecule has 0 aliphatic carbocycles. The molecule has 5 heteroatoms. The van der Waals surface area contributed by atoms with E-state index in [1.807, 2.05) is 25.1 Å². The second-order valence-corrected chi connectivity index (χ2v) is 5.12. The summed E-state index contributed by atoms with van der Waals surface area (Å²) in [6.07, 6.45) is 3.05. The summed E-state index contributed by atoms with van der Waals surface area (Å²) in [5.74, 6) is 1.67. The van der Waals surface area contributed by atoms with E-state index in [0.29, 0.717) is 22.8 Å². The van der Waals surface area contributed by atoms with Crippen LogP contribution < -0.4 is 19.5 Å². The number of carbonyl (C=O) groups excluding carboxylic acids is 1. The minimum atomic E-state index is -0.143. The Labute approximate surface area is 141 Å². The second-order valence-electron chi connectivity index (χ2n) is 5.12. The van der Waals surface area contributed by atoms with Gasteiger partial charge in [0.1, 0.15) is 5.75 Å². The Kier molecular flexibility index (Phi) is 5.84. The molecule has 0 spiro atoms. The fraction of sp³-hybridized carbons (Fsp3) is 0.211. The zero-order chi connectivity index (χ0) is 17.5. The molecule has 0 fully saturated rings. The molecule has 2 aromatic rings. The normalized spacial score (nSPS) is 10.5. The number of allylic oxidation sites excluding steroid dienone is 1. The van der Waals surface area contributed by atoms with Gasteiger partial charge in [0.2, 0.25) is 0 Å². The van der Waals surface area contributed by atoms with E-state index in [1.165, 1.54) is 13.2 Å². The average Bonchev–Trinajstić information content (AvgIpc) is 2.61. The van der Waals surface area contributed by atoms with Gasteiger partial charge in [-0.1, -0.05) is 6.07 Å². The molecule has 0 aliphatic rings. The zero-order valence-corrected chi connectivity index (χ0v) is 14.3. The minimum Gasteiger partial charge on any atom is -0.495 e. The van der Waals surface area contributed by atoms with Gasteiger partial charge in [0, 0.05) is 17.8 Å². The van der Waals surface area contributed by atoms with Crippen LogP contribution in [0.5, 0.6) is 17.2 Å². The molecule has 0 aromatic heterocycles. The molecule has 24 heavy (non-hydrogen) atoms. The van der Waals surface area contributed by atoms with Crippen LogP contribution >= 0.6 is 0 Å². The first-order valence-electron chi connectivity index (χ1n) is 7.43. The number of anilines is 1. The molecule has 2 rings (SSSR count). The van der Waals surface area contributed by atoms with E-state index in [2.05, 4.69) is 5.32 Å². The van der Waals surface area contributed by atoms with E-state index in [4.69, 9.17) is 14.2 Å². The lowest BCUT2D eigenvalue weighted by atomic mass is 10.1. The van der Waals surface area contributed by atoms with E-state index in [0.717, 1.165) is 11.3 Å². The zero-order valence-electron chi connectivity index (χ0n) is 14.3. The Hall–Kier alpha value is -2.95. The Morgan fingerprint density at radius 1 is 0.917 bits per heavy atom. The van der Waals surface area contributed by atoms with Crippen molar-refractivity contribution < 1.29 is 19.0 Å². The number of nitrogens with one attached hydrogen (secondary N) is 1. The quantitative estimate of drug-likeness (QED) is 0.619. The van der Waals surface area contributed by atoms with Gasteiger partial charge in [-0.05, 0) is 42.8 Å². The largest absolute Gasteiger partial charge is 0.495 e. The van der Waals surface area contributed by atoms with Crippen LogP contribution in [0.2, 0.25) is 0 Å². The van der Waals surface area contributed by atoms with E-state index in [-0.39, 0.29) is 5.78 Å². The summed E-state index contributed by atoms with van der Waals surface area (Å²) in [4.78, 5) is 12.3. The maximum atomic E-state index is 12.3. The van der Waals surface area contributed by atoms with Crippen molar-refractivity contribution in [1.82, 2.24) is 0 Å². The number of methoxy groups -OCH3 is 3. The van der Waals surface area contributed by atoms with Gasteiger partial charge in [-0.15, -0.1) is 0 Å². The lowest BCUT2D eigenvalue weighted by molar-refractivity contribution is 0.104. The van der Waals surface area contributed by atoms with Crippen LogP contribution in [0.25, 0.3) is 0 Å². The molecule has 2 aromatic carbocycles. The number of ketones is 1. The summed E-state index contributed by atoms with van der Waals surface area (Å²) in [6, 6.07) is 10.8. The van der Waals surface area contributed by atoms with Crippen LogP contribution in [0.4, 0.5) is 5.69 Å². The molecule has 126 valence electrons. The van der Waals surface area contributed by atoms with Crippen molar-refractivity contribution in [3.05, 3.63) is 59.8 Å². The molecule has 0 amide bonds. The first kappa shape index (κ1) is 17.4. The summed E-state index contributed by atoms with van der Waals surface area (Å²) in [5, 5.41) is 3.07. The van der Waals surface area contributed by atoms with Crippen molar-refractivity contribution in [1.29, 1.82) is 0 Å². The summed E-state index contributed by atoms with van der Waals surface area (Å²) in [7, 11) is 4.69. The van der Waals surface area contributed by atoms with E-state index < -0.39 is 0 Å². The van der Waals surface area contributed by atoms with Crippen molar-refractivity contribution >= 4 is 11.5 Å². The van der Waals surface area contributed by atoms with Gasteiger partial charge in [0.05, 0.1) is 27.0 Å². The number of benzene rings is 2. The third-order valence-electron chi connectivity index (χ3n) is 3.50. The topological polar surface area (TPSA) is 56.8 Å². The smallest absolute Gasteiger partial charge is 0.187 e. The number of hydrogen-bond acceptors (Lipinski definition) is 5. The standard InChI is InChI=1S/C19H21NO4/c1-13-5-7-17(22-2)15(11-13)20-10-9-16(21)14-6-8-18(23-3)19(12-14)24-4/h5-12,20H,1-4H3/b10-9+. The van der Waals surface area contributed by atoms with Crippen LogP contribution in [0.1, 0.15) is 15.9 Å². The Morgan fingerprint density at radius 3 is 2.25 bits per heavy atom. The third kappa shape index (κ3) is 4.07. The van der Waals surface area contributed by atoms with E-state index in [9.17, 15) is 4.79 Å². The highest BCUT2D eigenvalue weighted by Crippen LogP contribution is 2.28. The predicted molar refractivity (Wildman–Crippen MR) is 94.4 cm³/mol. The number of rotatable bonds is 7. The second kappa shape index (κ2) is 8.06. The molecule has 0 saturated carbocycles. The highest BCUT2D eigenvalue weighted by atomic mass is 16.5. The summed E-state index contributed by atoms with van der Waals surface area (Å²) in [5.41, 5.74) is 2.41. The van der Waals surface area contributed by atoms with Crippen molar-refractivity contribution in [2.75, 3.05) is 26.6 Å². The Bertz CT molecular complexity index is 753. The number of carbonyl (C=O) groups is 1. The van der Waals surface area contributed by atoms with Crippen molar-refractivity contribution in [2.24, 2.45) is 0 Å². The molecule has 5 nitrogen and oxygen atoms in total. The third-order valence-corrected chi connectivity index (χ3v) is 3.50. The van der Waals surface area contributed by atoms with Crippen molar-refractivity contribution in [3.63, 3.8) is 0 Å². The van der Waals surface area contributed by atoms with Gasteiger partial charge in [-0.2, -0.15) is 0 Å². The molecule has 0 aliphatic heterocycles. The molecular weight excluding hydrogens is 306 g/mol. The van der Waals surface area contributed by atoms with Gasteiger partial charge < -0.3 is 19.5 Å². The van der Waals surface area contributed by atoms with Gasteiger partial charge in [0.15, 0.2) is 17.3 Å². The van der Waals surface area contributed by atoms with Gasteiger partial charge in [0.25, 0.3) is 0 Å². The van der Waals surface area contributed by atoms with E-state index in [1.54, 1.807) is 38.6 Å². The number of ether oxygens (including phenoxy) is 3. The predicted octanol–water partition coefficient (Wildman–Crippen LogP) is 3.83. The molecule has 0 heterocycles. The van der Waals surface area contributed by atoms with E-state index >= 15 is 0 Å². The lowest BCUT2D eigenvalue weighted by Crippen LogP contribution is -1.99. The molecular formula is C19H21NO4. The highest BCUT2D eigenvalue weighted by molar-refractivity contribution is 6.05. The summed E-state index contributed by atoms with van der Waals surface area (Å²) < 4.78 is 15.7. The molecule has 0 bridgehead atoms. The van der Waals surface area contributed by atoms with Gasteiger partial charge in [-0.3, -0.25) is 4.79 Å². The van der Waals surface area contributed by atoms with Gasteiger partial charge in [-0.25, -0.2) is 0 Å². The number of hydrogen-bond donors (Lipinski definition) is 1. The van der Waals surface area contributed by atoms with Crippen molar-refractivity contribution in [3.8, 4) is 17.2 Å². The van der Waals surface area contributed by atoms with Crippen LogP contribution in [0.3, 0.4) is 0 Å². The highest BCUT2D eigenvalue weighted by Gasteiger charge is 2.08. The summed E-state index contributed by atoms with van der Waals surface area (Å²) >= 11 is 0. The van der Waals surface area contributed by atoms with Gasteiger partial charge >= 0.3 is 0 Å². The minimum absolute atomic E-state index is 0.143. The fourth-order valence-corrected chi connectivity index (χ4v) is 2.23. The lowest BCUT2D eigenvalue weighted by Gasteiger charge is -2.09. The van der Waals surface area contributed by atoms with Crippen LogP contribution in [0, 0.1) is 6.92 Å². The molecule has 0 radical (unpaired) electrons. The van der Waals surface area contributed by atoms with Crippen LogP contribution in [-0.4, -0.2) is 27.1 Å². The first-order chi connectivity index (χ1) is 11.6. The van der Waals surface area contributed by atoms with Crippen LogP contribution in [0.15, 0.2) is 48.7 Å². The summed E-state index contributed by atoms with van der Waals surface area (Å²) in [6.45, 7) is 1.99. The maximum absolute atomic E-state index is 12.3. The SMILES string of the molecule is COc1ccc(C)cc1N/C=C/C(=O)c1ccc(OC)c(OC)c1. The Balaban J connectivity index is 2.12. The fourth-order valence-electron chi connectivity index (χ4n) is 2.23. The molecule has 0 saturated heterocycles. The molecule has 0 unspecified atom stereocenters.